The van der Waals surface area contributed by atoms with Gasteiger partial charge in [0.25, 0.3) is 0 Å². The highest BCUT2D eigenvalue weighted by Gasteiger charge is 2.06. The second-order valence-corrected chi connectivity index (χ2v) is 2.51. The normalized spacial score (nSPS) is 12.2. The van der Waals surface area contributed by atoms with Crippen molar-refractivity contribution in [2.75, 3.05) is 0 Å². The van der Waals surface area contributed by atoms with Crippen LogP contribution in [0.25, 0.3) is 0 Å². The van der Waals surface area contributed by atoms with Crippen LogP contribution in [0, 0.1) is 16.0 Å². The molecule has 0 saturated heterocycles. The first-order valence-electron chi connectivity index (χ1n) is 3.43. The third-order valence-electron chi connectivity index (χ3n) is 1.12. The molecular weight excluding hydrogens is 130 g/mol. The summed E-state index contributed by atoms with van der Waals surface area (Å²) in [5.41, 5.74) is 0.315. The molecule has 0 bridgehead atoms. The Hall–Kier alpha value is -0.860. The van der Waals surface area contributed by atoms with Crippen molar-refractivity contribution in [2.24, 2.45) is 5.92 Å². The minimum Gasteiger partial charge on any atom is -0.259 e. The van der Waals surface area contributed by atoms with E-state index in [4.69, 9.17) is 0 Å². The van der Waals surface area contributed by atoms with Crippen molar-refractivity contribution in [3.8, 4) is 0 Å². The lowest BCUT2D eigenvalue weighted by Gasteiger charge is -1.95. The van der Waals surface area contributed by atoms with Crippen LogP contribution in [0.4, 0.5) is 0 Å². The number of hydrogen-bond donors (Lipinski definition) is 0. The molecule has 58 valence electrons. The highest BCUT2D eigenvalue weighted by molar-refractivity contribution is 4.92. The molecule has 0 amide bonds. The topological polar surface area (TPSA) is 43.1 Å². The van der Waals surface area contributed by atoms with Crippen LogP contribution in [0.1, 0.15) is 27.2 Å². The molecule has 0 aromatic heterocycles. The molecule has 0 saturated carbocycles. The second-order valence-electron chi connectivity index (χ2n) is 2.51. The average Bonchev–Trinajstić information content (AvgIpc) is 1.81. The van der Waals surface area contributed by atoms with E-state index in [0.29, 0.717) is 12.1 Å². The molecule has 10 heavy (non-hydrogen) atoms. The Labute approximate surface area is 60.9 Å². The highest BCUT2D eigenvalue weighted by atomic mass is 16.6. The molecule has 3 nitrogen and oxygen atoms in total. The van der Waals surface area contributed by atoms with Crippen LogP contribution in [0.2, 0.25) is 0 Å². The number of nitro groups is 1. The summed E-state index contributed by atoms with van der Waals surface area (Å²) in [7, 11) is 0. The van der Waals surface area contributed by atoms with E-state index in [0.717, 1.165) is 0 Å². The molecule has 0 heterocycles. The zero-order valence-corrected chi connectivity index (χ0v) is 6.63. The molecule has 0 atom stereocenters. The highest BCUT2D eigenvalue weighted by Crippen LogP contribution is 2.05. The molecular formula is C7H13NO2. The number of allylic oxidation sites excluding steroid dienone is 2. The zero-order chi connectivity index (χ0) is 8.15. The van der Waals surface area contributed by atoms with Crippen molar-refractivity contribution >= 4 is 0 Å². The van der Waals surface area contributed by atoms with Gasteiger partial charge < -0.3 is 0 Å². The number of nitrogens with zero attached hydrogens (tertiary/aromatic N) is 1. The van der Waals surface area contributed by atoms with Gasteiger partial charge in [-0.3, -0.25) is 10.1 Å². The van der Waals surface area contributed by atoms with Gasteiger partial charge in [0.15, 0.2) is 0 Å². The fraction of sp³-hybridized carbons (Fsp3) is 0.714. The van der Waals surface area contributed by atoms with E-state index >= 15 is 0 Å². The molecule has 3 heteroatoms. The molecule has 0 unspecified atom stereocenters. The quantitative estimate of drug-likeness (QED) is 0.449. The van der Waals surface area contributed by atoms with Crippen LogP contribution in [0.15, 0.2) is 11.8 Å². The lowest BCUT2D eigenvalue weighted by molar-refractivity contribution is -0.428. The predicted octanol–water partition coefficient (Wildman–Crippen LogP) is 2.21. The largest absolute Gasteiger partial charge is 0.259 e. The van der Waals surface area contributed by atoms with Crippen molar-refractivity contribution in [2.45, 2.75) is 27.2 Å². The summed E-state index contributed by atoms with van der Waals surface area (Å²) in [6.45, 7) is 5.65. The van der Waals surface area contributed by atoms with Gasteiger partial charge in [-0.1, -0.05) is 20.8 Å². The Morgan fingerprint density at radius 2 is 2.20 bits per heavy atom. The molecule has 0 radical (unpaired) electrons. The molecule has 0 spiro atoms. The smallest absolute Gasteiger partial charge is 0.242 e. The van der Waals surface area contributed by atoms with E-state index in [1.807, 2.05) is 13.8 Å². The van der Waals surface area contributed by atoms with Crippen LogP contribution < -0.4 is 0 Å². The van der Waals surface area contributed by atoms with Crippen LogP contribution in [0.5, 0.6) is 0 Å². The van der Waals surface area contributed by atoms with Gasteiger partial charge in [-0.05, 0) is 12.0 Å². The number of hydrogen-bond acceptors (Lipinski definition) is 2. The Morgan fingerprint density at radius 1 is 1.70 bits per heavy atom. The maximum absolute atomic E-state index is 10.2. The molecule has 0 aliphatic carbocycles. The summed E-state index contributed by atoms with van der Waals surface area (Å²) >= 11 is 0. The summed E-state index contributed by atoms with van der Waals surface area (Å²) in [5.74, 6) is 0.264. The SMILES string of the molecule is CCC(=CC(C)C)[N+](=O)[O-]. The first kappa shape index (κ1) is 9.14. The van der Waals surface area contributed by atoms with Crippen molar-refractivity contribution in [3.63, 3.8) is 0 Å². The van der Waals surface area contributed by atoms with E-state index < -0.39 is 0 Å². The maximum Gasteiger partial charge on any atom is 0.242 e. The third kappa shape index (κ3) is 3.22. The van der Waals surface area contributed by atoms with Crippen molar-refractivity contribution in [1.82, 2.24) is 0 Å². The van der Waals surface area contributed by atoms with Gasteiger partial charge in [0.1, 0.15) is 0 Å². The Kier molecular flexibility index (Phi) is 3.69. The minimum absolute atomic E-state index is 0.264. The van der Waals surface area contributed by atoms with E-state index in [-0.39, 0.29) is 10.8 Å². The van der Waals surface area contributed by atoms with Gasteiger partial charge in [-0.15, -0.1) is 0 Å². The van der Waals surface area contributed by atoms with Crippen molar-refractivity contribution < 1.29 is 4.92 Å². The summed E-state index contributed by atoms with van der Waals surface area (Å²) in [4.78, 5) is 9.88. The summed E-state index contributed by atoms with van der Waals surface area (Å²) in [5, 5.41) is 10.2. The van der Waals surface area contributed by atoms with Crippen molar-refractivity contribution in [1.29, 1.82) is 0 Å². The monoisotopic (exact) mass is 143 g/mol. The first-order valence-corrected chi connectivity index (χ1v) is 3.43. The van der Waals surface area contributed by atoms with Gasteiger partial charge in [-0.25, -0.2) is 0 Å². The third-order valence-corrected chi connectivity index (χ3v) is 1.12. The van der Waals surface area contributed by atoms with Crippen LogP contribution in [-0.4, -0.2) is 4.92 Å². The number of rotatable bonds is 3. The Balaban J connectivity index is 4.19. The average molecular weight is 143 g/mol. The van der Waals surface area contributed by atoms with Crippen LogP contribution in [-0.2, 0) is 0 Å². The standard InChI is InChI=1S/C7H13NO2/c1-4-7(8(9)10)5-6(2)3/h5-6H,4H2,1-3H3. The molecule has 0 rings (SSSR count). The van der Waals surface area contributed by atoms with Gasteiger partial charge in [0.05, 0.1) is 4.92 Å². The molecule has 0 fully saturated rings. The van der Waals surface area contributed by atoms with E-state index in [2.05, 4.69) is 0 Å². The predicted molar refractivity (Wildman–Crippen MR) is 40.2 cm³/mol. The Bertz CT molecular complexity index is 150. The fourth-order valence-electron chi connectivity index (χ4n) is 0.693. The van der Waals surface area contributed by atoms with Gasteiger partial charge in [-0.2, -0.15) is 0 Å². The van der Waals surface area contributed by atoms with Gasteiger partial charge in [0.2, 0.25) is 5.70 Å². The molecule has 0 aliphatic heterocycles. The van der Waals surface area contributed by atoms with Crippen molar-refractivity contribution in [3.05, 3.63) is 21.9 Å². The van der Waals surface area contributed by atoms with Crippen LogP contribution in [0.3, 0.4) is 0 Å². The lowest BCUT2D eigenvalue weighted by atomic mass is 10.1. The second kappa shape index (κ2) is 4.04. The lowest BCUT2D eigenvalue weighted by Crippen LogP contribution is -1.98. The van der Waals surface area contributed by atoms with E-state index in [9.17, 15) is 10.1 Å². The van der Waals surface area contributed by atoms with E-state index in [1.165, 1.54) is 0 Å². The fourth-order valence-corrected chi connectivity index (χ4v) is 0.693. The first-order chi connectivity index (χ1) is 4.57. The summed E-state index contributed by atoms with van der Waals surface area (Å²) in [6.07, 6.45) is 2.19. The molecule has 0 N–H and O–H groups in total. The maximum atomic E-state index is 10.2. The van der Waals surface area contributed by atoms with Gasteiger partial charge >= 0.3 is 0 Å². The zero-order valence-electron chi connectivity index (χ0n) is 6.63. The molecule has 0 aromatic rings. The minimum atomic E-state index is -0.319. The molecule has 0 aliphatic rings. The van der Waals surface area contributed by atoms with E-state index in [1.54, 1.807) is 13.0 Å². The van der Waals surface area contributed by atoms with Crippen LogP contribution >= 0.6 is 0 Å². The summed E-state index contributed by atoms with van der Waals surface area (Å²) < 4.78 is 0. The molecule has 0 aromatic carbocycles. The Morgan fingerprint density at radius 3 is 2.30 bits per heavy atom. The summed E-state index contributed by atoms with van der Waals surface area (Å²) in [6, 6.07) is 0. The van der Waals surface area contributed by atoms with Gasteiger partial charge in [0, 0.05) is 6.42 Å².